The lowest BCUT2D eigenvalue weighted by atomic mass is 10.3. The SMILES string of the molecule is C=C/C=c1/ccn(C)/c1=C/C.CC. The summed E-state index contributed by atoms with van der Waals surface area (Å²) in [5.74, 6) is 0. The van der Waals surface area contributed by atoms with E-state index in [2.05, 4.69) is 23.3 Å². The fourth-order valence-electron chi connectivity index (χ4n) is 1.20. The third-order valence-corrected chi connectivity index (χ3v) is 1.72. The van der Waals surface area contributed by atoms with Gasteiger partial charge in [0.2, 0.25) is 0 Å². The predicted octanol–water partition coefficient (Wildman–Crippen LogP) is 1.82. The van der Waals surface area contributed by atoms with Crippen molar-refractivity contribution in [2.75, 3.05) is 0 Å². The molecule has 0 aromatic carbocycles. The highest BCUT2D eigenvalue weighted by molar-refractivity contribution is 5.36. The van der Waals surface area contributed by atoms with Crippen LogP contribution in [0.1, 0.15) is 20.8 Å². The number of hydrogen-bond acceptors (Lipinski definition) is 0. The Balaban J connectivity index is 0.000000671. The highest BCUT2D eigenvalue weighted by Crippen LogP contribution is 1.72. The Kier molecular flexibility index (Phi) is 5.69. The van der Waals surface area contributed by atoms with Gasteiger partial charge in [0.25, 0.3) is 0 Å². The van der Waals surface area contributed by atoms with Gasteiger partial charge in [-0.1, -0.05) is 38.7 Å². The Morgan fingerprint density at radius 2 is 2.00 bits per heavy atom. The van der Waals surface area contributed by atoms with Crippen molar-refractivity contribution < 1.29 is 0 Å². The van der Waals surface area contributed by atoms with Gasteiger partial charge in [0.1, 0.15) is 0 Å². The Hall–Kier alpha value is -1.24. The van der Waals surface area contributed by atoms with Crippen molar-refractivity contribution >= 4 is 12.2 Å². The van der Waals surface area contributed by atoms with Gasteiger partial charge in [-0.2, -0.15) is 0 Å². The van der Waals surface area contributed by atoms with E-state index in [0.29, 0.717) is 0 Å². The zero-order chi connectivity index (χ0) is 10.3. The van der Waals surface area contributed by atoms with Crippen LogP contribution in [0.2, 0.25) is 0 Å². The first-order valence-corrected chi connectivity index (χ1v) is 4.70. The van der Waals surface area contributed by atoms with E-state index in [0.717, 1.165) is 0 Å². The van der Waals surface area contributed by atoms with E-state index in [1.54, 1.807) is 0 Å². The van der Waals surface area contributed by atoms with Crippen LogP contribution in [-0.2, 0) is 7.05 Å². The molecule has 0 amide bonds. The van der Waals surface area contributed by atoms with Crippen molar-refractivity contribution in [2.45, 2.75) is 20.8 Å². The van der Waals surface area contributed by atoms with Crippen LogP contribution >= 0.6 is 0 Å². The molecule has 0 saturated carbocycles. The molecule has 13 heavy (non-hydrogen) atoms. The summed E-state index contributed by atoms with van der Waals surface area (Å²) in [6, 6.07) is 2.08. The summed E-state index contributed by atoms with van der Waals surface area (Å²) in [5.41, 5.74) is 0. The van der Waals surface area contributed by atoms with Crippen LogP contribution in [0.25, 0.3) is 12.2 Å². The minimum Gasteiger partial charge on any atom is -0.351 e. The standard InChI is InChI=1S/C10H13N.C2H6/c1-4-6-9-7-8-11(3)10(9)5-2;1-2/h4-8H,1H2,2-3H3;1-2H3/b9-6-,10-5+;. The van der Waals surface area contributed by atoms with Gasteiger partial charge >= 0.3 is 0 Å². The van der Waals surface area contributed by atoms with Gasteiger partial charge in [0, 0.05) is 18.6 Å². The Morgan fingerprint density at radius 3 is 2.46 bits per heavy atom. The summed E-state index contributed by atoms with van der Waals surface area (Å²) in [4.78, 5) is 0. The molecule has 1 aromatic rings. The first kappa shape index (κ1) is 11.8. The Labute approximate surface area is 80.7 Å². The topological polar surface area (TPSA) is 4.93 Å². The first-order valence-electron chi connectivity index (χ1n) is 4.70. The molecule has 0 aliphatic heterocycles. The zero-order valence-electron chi connectivity index (χ0n) is 9.04. The molecule has 1 aromatic heterocycles. The number of rotatable bonds is 1. The normalized spacial score (nSPS) is 12.3. The molecule has 0 atom stereocenters. The van der Waals surface area contributed by atoms with Crippen LogP contribution in [0.3, 0.4) is 0 Å². The van der Waals surface area contributed by atoms with Crippen molar-refractivity contribution in [3.8, 4) is 0 Å². The van der Waals surface area contributed by atoms with Crippen molar-refractivity contribution in [1.29, 1.82) is 0 Å². The average Bonchev–Trinajstić information content (AvgIpc) is 2.51. The number of aryl methyl sites for hydroxylation is 1. The Morgan fingerprint density at radius 1 is 1.38 bits per heavy atom. The number of nitrogens with zero attached hydrogens (tertiary/aromatic N) is 1. The largest absolute Gasteiger partial charge is 0.351 e. The molecular formula is C12H19N. The van der Waals surface area contributed by atoms with Gasteiger partial charge in [-0.25, -0.2) is 0 Å². The second kappa shape index (κ2) is 6.30. The average molecular weight is 177 g/mol. The third-order valence-electron chi connectivity index (χ3n) is 1.72. The van der Waals surface area contributed by atoms with Gasteiger partial charge in [-0.15, -0.1) is 0 Å². The molecule has 0 radical (unpaired) electrons. The van der Waals surface area contributed by atoms with Gasteiger partial charge < -0.3 is 4.57 Å². The summed E-state index contributed by atoms with van der Waals surface area (Å²) < 4.78 is 2.09. The number of allylic oxidation sites excluding steroid dienone is 1. The van der Waals surface area contributed by atoms with Gasteiger partial charge in [-0.05, 0) is 18.2 Å². The fourth-order valence-corrected chi connectivity index (χ4v) is 1.20. The zero-order valence-corrected chi connectivity index (χ0v) is 9.04. The van der Waals surface area contributed by atoms with Gasteiger partial charge in [-0.3, -0.25) is 0 Å². The summed E-state index contributed by atoms with van der Waals surface area (Å²) in [6.07, 6.45) is 7.96. The van der Waals surface area contributed by atoms with Crippen molar-refractivity contribution in [3.63, 3.8) is 0 Å². The molecule has 0 bridgehead atoms. The maximum Gasteiger partial charge on any atom is 0.0434 e. The molecule has 0 spiro atoms. The molecule has 0 unspecified atom stereocenters. The third kappa shape index (κ3) is 2.94. The molecule has 1 rings (SSSR count). The van der Waals surface area contributed by atoms with Gasteiger partial charge in [0.15, 0.2) is 0 Å². The molecule has 1 nitrogen and oxygen atoms in total. The molecule has 0 aliphatic rings. The maximum absolute atomic E-state index is 3.66. The van der Waals surface area contributed by atoms with E-state index < -0.39 is 0 Å². The number of aromatic nitrogens is 1. The van der Waals surface area contributed by atoms with Crippen LogP contribution in [0.5, 0.6) is 0 Å². The van der Waals surface area contributed by atoms with E-state index in [-0.39, 0.29) is 0 Å². The minimum absolute atomic E-state index is 1.23. The molecule has 0 aliphatic carbocycles. The van der Waals surface area contributed by atoms with Crippen molar-refractivity contribution in [2.24, 2.45) is 7.05 Å². The van der Waals surface area contributed by atoms with Crippen LogP contribution in [-0.4, -0.2) is 4.57 Å². The van der Waals surface area contributed by atoms with E-state index in [9.17, 15) is 0 Å². The molecule has 72 valence electrons. The quantitative estimate of drug-likeness (QED) is 0.616. The van der Waals surface area contributed by atoms with E-state index >= 15 is 0 Å². The fraction of sp³-hybridized carbons (Fsp3) is 0.333. The lowest BCUT2D eigenvalue weighted by Gasteiger charge is -1.87. The van der Waals surface area contributed by atoms with Crippen LogP contribution in [0.15, 0.2) is 24.9 Å². The minimum atomic E-state index is 1.23. The molecular weight excluding hydrogens is 158 g/mol. The van der Waals surface area contributed by atoms with Crippen LogP contribution < -0.4 is 10.6 Å². The summed E-state index contributed by atoms with van der Waals surface area (Å²) in [5, 5.41) is 2.47. The highest BCUT2D eigenvalue weighted by atomic mass is 14.9. The lowest BCUT2D eigenvalue weighted by molar-refractivity contribution is 0.887. The molecule has 1 heterocycles. The molecule has 1 heteroatoms. The summed E-state index contributed by atoms with van der Waals surface area (Å²) >= 11 is 0. The predicted molar refractivity (Wildman–Crippen MR) is 60.8 cm³/mol. The van der Waals surface area contributed by atoms with Gasteiger partial charge in [0.05, 0.1) is 0 Å². The second-order valence-corrected chi connectivity index (χ2v) is 2.46. The highest BCUT2D eigenvalue weighted by Gasteiger charge is 1.86. The van der Waals surface area contributed by atoms with Crippen molar-refractivity contribution in [1.82, 2.24) is 4.57 Å². The van der Waals surface area contributed by atoms with E-state index in [1.165, 1.54) is 10.6 Å². The lowest BCUT2D eigenvalue weighted by Crippen LogP contribution is -2.26. The Bertz CT molecular complexity index is 355. The molecule has 0 saturated heterocycles. The van der Waals surface area contributed by atoms with E-state index in [1.807, 2.05) is 46.2 Å². The molecule has 0 fully saturated rings. The summed E-state index contributed by atoms with van der Waals surface area (Å²) in [7, 11) is 2.04. The first-order chi connectivity index (χ1) is 6.29. The van der Waals surface area contributed by atoms with Crippen molar-refractivity contribution in [3.05, 3.63) is 35.5 Å². The maximum atomic E-state index is 3.66. The second-order valence-electron chi connectivity index (χ2n) is 2.46. The van der Waals surface area contributed by atoms with Crippen LogP contribution in [0, 0.1) is 0 Å². The molecule has 0 N–H and O–H groups in total. The smallest absolute Gasteiger partial charge is 0.0434 e. The monoisotopic (exact) mass is 177 g/mol. The van der Waals surface area contributed by atoms with E-state index in [4.69, 9.17) is 0 Å². The van der Waals surface area contributed by atoms with Crippen LogP contribution in [0.4, 0.5) is 0 Å². The number of hydrogen-bond donors (Lipinski definition) is 0. The summed E-state index contributed by atoms with van der Waals surface area (Å²) in [6.45, 7) is 9.70.